The Labute approximate surface area is 226 Å². The summed E-state index contributed by atoms with van der Waals surface area (Å²) >= 11 is 0. The van der Waals surface area contributed by atoms with Crippen molar-refractivity contribution in [1.29, 1.82) is 0 Å². The fourth-order valence-electron chi connectivity index (χ4n) is 4.41. The number of nitrogens with zero attached hydrogens (tertiary/aromatic N) is 1. The van der Waals surface area contributed by atoms with Gasteiger partial charge in [0.2, 0.25) is 5.91 Å². The highest BCUT2D eigenvalue weighted by molar-refractivity contribution is 5.99. The molecule has 0 bridgehead atoms. The van der Waals surface area contributed by atoms with E-state index in [2.05, 4.69) is 10.6 Å². The number of amides is 3. The van der Waals surface area contributed by atoms with Crippen LogP contribution in [0.2, 0.25) is 0 Å². The maximum Gasteiger partial charge on any atom is 0.253 e. The van der Waals surface area contributed by atoms with Crippen molar-refractivity contribution in [2.75, 3.05) is 18.4 Å². The molecule has 3 atom stereocenters. The van der Waals surface area contributed by atoms with Crippen molar-refractivity contribution in [3.05, 3.63) is 65.5 Å². The summed E-state index contributed by atoms with van der Waals surface area (Å²) < 4.78 is 13.2. The first kappa shape index (κ1) is 31.0. The second-order valence-electron chi connectivity index (χ2n) is 10.4. The summed E-state index contributed by atoms with van der Waals surface area (Å²) in [4.78, 5) is 40.7. The van der Waals surface area contributed by atoms with E-state index in [1.807, 2.05) is 32.6 Å². The smallest absolute Gasteiger partial charge is 0.253 e. The lowest BCUT2D eigenvalue weighted by Gasteiger charge is -2.28. The number of rotatable bonds is 14. The maximum atomic E-state index is 13.2. The molecule has 8 heteroatoms. The van der Waals surface area contributed by atoms with E-state index < -0.39 is 12.0 Å². The number of anilines is 1. The van der Waals surface area contributed by atoms with Crippen molar-refractivity contribution >= 4 is 23.4 Å². The van der Waals surface area contributed by atoms with Crippen molar-refractivity contribution < 1.29 is 18.8 Å². The number of carbonyl (C=O) groups excluding carboxylic acids is 3. The number of nitrogens with one attached hydrogen (secondary N) is 2. The molecule has 0 saturated carbocycles. The minimum absolute atomic E-state index is 0.0835. The molecule has 0 radical (unpaired) electrons. The predicted octanol–water partition coefficient (Wildman–Crippen LogP) is 5.22. The Morgan fingerprint density at radius 1 is 0.921 bits per heavy atom. The lowest BCUT2D eigenvalue weighted by Crippen LogP contribution is -2.49. The van der Waals surface area contributed by atoms with Gasteiger partial charge in [-0.05, 0) is 74.1 Å². The van der Waals surface area contributed by atoms with Crippen molar-refractivity contribution in [1.82, 2.24) is 10.2 Å². The highest BCUT2D eigenvalue weighted by Crippen LogP contribution is 2.18. The number of benzene rings is 2. The molecule has 7 nitrogen and oxygen atoms in total. The normalized spacial score (nSPS) is 13.5. The molecule has 0 aromatic heterocycles. The van der Waals surface area contributed by atoms with Crippen LogP contribution in [0.5, 0.6) is 0 Å². The second-order valence-corrected chi connectivity index (χ2v) is 10.4. The number of carbonyl (C=O) groups is 3. The quantitative estimate of drug-likeness (QED) is 0.314. The topological polar surface area (TPSA) is 105 Å². The molecule has 0 fully saturated rings. The van der Waals surface area contributed by atoms with Crippen LogP contribution < -0.4 is 16.4 Å². The van der Waals surface area contributed by atoms with Crippen molar-refractivity contribution in [3.63, 3.8) is 0 Å². The molecule has 0 spiro atoms. The zero-order valence-electron chi connectivity index (χ0n) is 23.3. The Morgan fingerprint density at radius 3 is 2.11 bits per heavy atom. The fourth-order valence-corrected chi connectivity index (χ4v) is 4.41. The van der Waals surface area contributed by atoms with Gasteiger partial charge in [-0.3, -0.25) is 14.4 Å². The molecule has 0 aliphatic carbocycles. The van der Waals surface area contributed by atoms with E-state index in [1.165, 1.54) is 24.3 Å². The van der Waals surface area contributed by atoms with Crippen molar-refractivity contribution in [2.45, 2.75) is 72.4 Å². The molecule has 0 saturated heterocycles. The first-order valence-corrected chi connectivity index (χ1v) is 13.6. The van der Waals surface area contributed by atoms with Crippen LogP contribution in [-0.2, 0) is 4.79 Å². The molecular formula is C30H43FN4O3. The van der Waals surface area contributed by atoms with E-state index in [0.717, 1.165) is 12.8 Å². The lowest BCUT2D eigenvalue weighted by molar-refractivity contribution is -0.119. The Bertz CT molecular complexity index is 1050. The van der Waals surface area contributed by atoms with Gasteiger partial charge in [0.05, 0.1) is 0 Å². The highest BCUT2D eigenvalue weighted by atomic mass is 19.1. The third-order valence-electron chi connectivity index (χ3n) is 6.39. The molecule has 208 valence electrons. The van der Waals surface area contributed by atoms with Gasteiger partial charge in [0.1, 0.15) is 5.82 Å². The number of nitrogens with two attached hydrogens (primary N) is 1. The molecule has 0 aliphatic rings. The largest absolute Gasteiger partial charge is 0.348 e. The van der Waals surface area contributed by atoms with Crippen LogP contribution in [0.25, 0.3) is 0 Å². The molecular weight excluding hydrogens is 483 g/mol. The molecule has 0 aliphatic heterocycles. The Balaban J connectivity index is 2.09. The zero-order valence-corrected chi connectivity index (χ0v) is 23.3. The van der Waals surface area contributed by atoms with Gasteiger partial charge in [0.25, 0.3) is 11.8 Å². The summed E-state index contributed by atoms with van der Waals surface area (Å²) in [7, 11) is 0. The van der Waals surface area contributed by atoms with Gasteiger partial charge in [-0.25, -0.2) is 4.39 Å². The SMILES string of the molecule is CCCN(CCC)C(=O)c1cccc(C(=O)NC(CC(C)C)C(N)CC(C)C(=O)Nc2ccc(F)cc2)c1. The van der Waals surface area contributed by atoms with Crippen LogP contribution in [0.4, 0.5) is 10.1 Å². The van der Waals surface area contributed by atoms with Gasteiger partial charge in [0, 0.05) is 47.9 Å². The lowest BCUT2D eigenvalue weighted by atomic mass is 9.90. The average molecular weight is 527 g/mol. The van der Waals surface area contributed by atoms with E-state index in [9.17, 15) is 18.8 Å². The Kier molecular flexibility index (Phi) is 12.4. The van der Waals surface area contributed by atoms with E-state index in [4.69, 9.17) is 5.73 Å². The van der Waals surface area contributed by atoms with Gasteiger partial charge in [-0.2, -0.15) is 0 Å². The van der Waals surface area contributed by atoms with E-state index in [1.54, 1.807) is 31.2 Å². The maximum absolute atomic E-state index is 13.2. The summed E-state index contributed by atoms with van der Waals surface area (Å²) in [5.41, 5.74) is 7.91. The van der Waals surface area contributed by atoms with Crippen LogP contribution in [0.15, 0.2) is 48.5 Å². The van der Waals surface area contributed by atoms with Gasteiger partial charge in [-0.15, -0.1) is 0 Å². The molecule has 3 amide bonds. The van der Waals surface area contributed by atoms with Crippen LogP contribution in [0.1, 0.15) is 81.0 Å². The fraction of sp³-hybridized carbons (Fsp3) is 0.500. The number of hydrogen-bond donors (Lipinski definition) is 3. The second kappa shape index (κ2) is 15.2. The molecule has 0 heterocycles. The minimum atomic E-state index is -0.468. The summed E-state index contributed by atoms with van der Waals surface area (Å²) in [6, 6.07) is 11.5. The highest BCUT2D eigenvalue weighted by Gasteiger charge is 2.26. The third kappa shape index (κ3) is 9.56. The van der Waals surface area contributed by atoms with Crippen LogP contribution in [0, 0.1) is 17.7 Å². The predicted molar refractivity (Wildman–Crippen MR) is 150 cm³/mol. The van der Waals surface area contributed by atoms with E-state index in [0.29, 0.717) is 42.7 Å². The van der Waals surface area contributed by atoms with Crippen LogP contribution >= 0.6 is 0 Å². The Hall–Kier alpha value is -3.26. The van der Waals surface area contributed by atoms with Crippen molar-refractivity contribution in [2.24, 2.45) is 17.6 Å². The summed E-state index contributed by atoms with van der Waals surface area (Å²) in [6.07, 6.45) is 2.72. The van der Waals surface area contributed by atoms with Gasteiger partial charge >= 0.3 is 0 Å². The molecule has 2 aromatic rings. The monoisotopic (exact) mass is 526 g/mol. The van der Waals surface area contributed by atoms with E-state index >= 15 is 0 Å². The average Bonchev–Trinajstić information content (AvgIpc) is 2.88. The third-order valence-corrected chi connectivity index (χ3v) is 6.39. The number of halogens is 1. The first-order chi connectivity index (χ1) is 18.0. The van der Waals surface area contributed by atoms with E-state index in [-0.39, 0.29) is 35.5 Å². The summed E-state index contributed by atoms with van der Waals surface area (Å²) in [5, 5.41) is 5.83. The van der Waals surface area contributed by atoms with Gasteiger partial charge in [0.15, 0.2) is 0 Å². The van der Waals surface area contributed by atoms with Crippen molar-refractivity contribution in [3.8, 4) is 0 Å². The molecule has 2 rings (SSSR count). The Morgan fingerprint density at radius 2 is 1.53 bits per heavy atom. The molecule has 38 heavy (non-hydrogen) atoms. The summed E-state index contributed by atoms with van der Waals surface area (Å²) in [6.45, 7) is 11.3. The molecule has 4 N–H and O–H groups in total. The summed E-state index contributed by atoms with van der Waals surface area (Å²) in [5.74, 6) is -1.15. The number of hydrogen-bond acceptors (Lipinski definition) is 4. The molecule has 3 unspecified atom stereocenters. The minimum Gasteiger partial charge on any atom is -0.348 e. The van der Waals surface area contributed by atoms with Crippen LogP contribution in [-0.4, -0.2) is 47.8 Å². The van der Waals surface area contributed by atoms with Crippen LogP contribution in [0.3, 0.4) is 0 Å². The molecule has 2 aromatic carbocycles. The van der Waals surface area contributed by atoms with Gasteiger partial charge in [-0.1, -0.05) is 40.7 Å². The standard InChI is InChI=1S/C30H43FN4O3/c1-6-15-35(16-7-2)30(38)23-10-8-9-22(19-23)29(37)34-27(17-20(3)4)26(32)18-21(5)28(36)33-25-13-11-24(31)12-14-25/h8-14,19-21,26-27H,6-7,15-18,32H2,1-5H3,(H,33,36)(H,34,37). The van der Waals surface area contributed by atoms with Gasteiger partial charge < -0.3 is 21.3 Å². The first-order valence-electron chi connectivity index (χ1n) is 13.6. The zero-order chi connectivity index (χ0) is 28.2.